The molecule has 0 aliphatic rings. The molecule has 8 nitrogen and oxygen atoms in total. The van der Waals surface area contributed by atoms with Gasteiger partial charge in [0.25, 0.3) is 5.91 Å². The first-order chi connectivity index (χ1) is 12.5. The van der Waals surface area contributed by atoms with Gasteiger partial charge >= 0.3 is 11.7 Å². The predicted molar refractivity (Wildman–Crippen MR) is 91.3 cm³/mol. The van der Waals surface area contributed by atoms with Crippen molar-refractivity contribution in [1.29, 1.82) is 0 Å². The number of oxazole rings is 1. The van der Waals surface area contributed by atoms with Crippen molar-refractivity contribution in [3.05, 3.63) is 59.0 Å². The number of carbonyl (C=O) groups excluding carboxylic acids is 2. The molecule has 3 rings (SSSR count). The van der Waals surface area contributed by atoms with Gasteiger partial charge in [-0.25, -0.2) is 4.79 Å². The summed E-state index contributed by atoms with van der Waals surface area (Å²) < 4.78 is 16.6. The van der Waals surface area contributed by atoms with E-state index in [2.05, 4.69) is 5.32 Å². The van der Waals surface area contributed by atoms with Crippen molar-refractivity contribution < 1.29 is 23.2 Å². The third kappa shape index (κ3) is 4.02. The summed E-state index contributed by atoms with van der Waals surface area (Å²) >= 11 is 0. The predicted octanol–water partition coefficient (Wildman–Crippen LogP) is 2.00. The molecule has 0 bridgehead atoms. The second-order valence-electron chi connectivity index (χ2n) is 5.70. The molecule has 1 aromatic carbocycles. The van der Waals surface area contributed by atoms with Crippen molar-refractivity contribution in [3.63, 3.8) is 0 Å². The van der Waals surface area contributed by atoms with E-state index in [0.29, 0.717) is 16.9 Å². The fraction of sp³-hybridized carbons (Fsp3) is 0.278. The lowest BCUT2D eigenvalue weighted by Gasteiger charge is -2.11. The molecule has 26 heavy (non-hydrogen) atoms. The lowest BCUT2D eigenvalue weighted by molar-refractivity contribution is -0.149. The van der Waals surface area contributed by atoms with Crippen molar-refractivity contribution >= 4 is 23.0 Å². The van der Waals surface area contributed by atoms with E-state index in [0.717, 1.165) is 0 Å². The monoisotopic (exact) mass is 358 g/mol. The quantitative estimate of drug-likeness (QED) is 0.648. The summed E-state index contributed by atoms with van der Waals surface area (Å²) in [5.41, 5.74) is 1.06. The fourth-order valence-corrected chi connectivity index (χ4v) is 2.54. The van der Waals surface area contributed by atoms with Gasteiger partial charge in [0.1, 0.15) is 5.76 Å². The Kier molecular flexibility index (Phi) is 5.21. The number of hydrogen-bond donors (Lipinski definition) is 1. The molecule has 8 heteroatoms. The number of aryl methyl sites for hydroxylation is 1. The Balaban J connectivity index is 1.47. The molecule has 0 unspecified atom stereocenters. The molecule has 0 spiro atoms. The van der Waals surface area contributed by atoms with Crippen LogP contribution in [0.3, 0.4) is 0 Å². The molecular weight excluding hydrogens is 340 g/mol. The van der Waals surface area contributed by atoms with Crippen LogP contribution in [-0.4, -0.2) is 23.1 Å². The molecule has 0 saturated carbocycles. The van der Waals surface area contributed by atoms with Crippen LogP contribution in [0, 0.1) is 0 Å². The van der Waals surface area contributed by atoms with Crippen LogP contribution in [0.2, 0.25) is 0 Å². The number of rotatable bonds is 7. The number of amides is 1. The zero-order valence-corrected chi connectivity index (χ0v) is 14.1. The van der Waals surface area contributed by atoms with Gasteiger partial charge in [-0.1, -0.05) is 12.1 Å². The second-order valence-corrected chi connectivity index (χ2v) is 5.70. The zero-order chi connectivity index (χ0) is 18.5. The SMILES string of the molecule is C[C@H](NC(=O)COC(=O)CCn1c(=O)oc2ccccc21)c1ccco1. The van der Waals surface area contributed by atoms with Crippen molar-refractivity contribution in [1.82, 2.24) is 9.88 Å². The Morgan fingerprint density at radius 2 is 2.04 bits per heavy atom. The van der Waals surface area contributed by atoms with Crippen LogP contribution >= 0.6 is 0 Å². The minimum Gasteiger partial charge on any atom is -0.467 e. The standard InChI is InChI=1S/C18H18N2O6/c1-12(14-7-4-10-24-14)19-16(21)11-25-17(22)8-9-20-13-5-2-3-6-15(13)26-18(20)23/h2-7,10,12H,8-9,11H2,1H3,(H,19,21)/t12-/m0/s1. The van der Waals surface area contributed by atoms with E-state index in [1.165, 1.54) is 10.8 Å². The highest BCUT2D eigenvalue weighted by molar-refractivity contribution is 5.80. The summed E-state index contributed by atoms with van der Waals surface area (Å²) in [4.78, 5) is 35.5. The maximum atomic E-state index is 11.8. The Morgan fingerprint density at radius 1 is 1.23 bits per heavy atom. The number of fused-ring (bicyclic) bond motifs is 1. The summed E-state index contributed by atoms with van der Waals surface area (Å²) in [5, 5.41) is 2.66. The van der Waals surface area contributed by atoms with E-state index < -0.39 is 24.2 Å². The van der Waals surface area contributed by atoms with E-state index in [-0.39, 0.29) is 19.0 Å². The average Bonchev–Trinajstić information content (AvgIpc) is 3.25. The number of carbonyl (C=O) groups is 2. The van der Waals surface area contributed by atoms with Crippen LogP contribution in [0.1, 0.15) is 25.1 Å². The molecule has 3 aromatic rings. The lowest BCUT2D eigenvalue weighted by atomic mass is 10.2. The van der Waals surface area contributed by atoms with Crippen molar-refractivity contribution in [2.24, 2.45) is 0 Å². The number of nitrogens with zero attached hydrogens (tertiary/aromatic N) is 1. The number of furan rings is 1. The Morgan fingerprint density at radius 3 is 2.81 bits per heavy atom. The minimum absolute atomic E-state index is 0.0511. The van der Waals surface area contributed by atoms with Crippen LogP contribution < -0.4 is 11.1 Å². The van der Waals surface area contributed by atoms with Gasteiger partial charge in [-0.05, 0) is 31.2 Å². The Bertz CT molecular complexity index is 954. The normalized spacial score (nSPS) is 12.0. The molecule has 2 heterocycles. The highest BCUT2D eigenvalue weighted by Crippen LogP contribution is 2.13. The minimum atomic E-state index is -0.581. The number of nitrogens with one attached hydrogen (secondary N) is 1. The molecule has 1 amide bonds. The molecule has 0 radical (unpaired) electrons. The summed E-state index contributed by atoms with van der Waals surface area (Å²) in [5.74, 6) is -0.948. The third-order valence-electron chi connectivity index (χ3n) is 3.82. The number of hydrogen-bond acceptors (Lipinski definition) is 6. The fourth-order valence-electron chi connectivity index (χ4n) is 2.54. The van der Waals surface area contributed by atoms with Gasteiger partial charge in [0.2, 0.25) is 0 Å². The molecule has 0 aliphatic carbocycles. The molecule has 1 atom stereocenters. The molecule has 136 valence electrons. The zero-order valence-electron chi connectivity index (χ0n) is 14.1. The number of benzene rings is 1. The van der Waals surface area contributed by atoms with Gasteiger partial charge in [0.15, 0.2) is 12.2 Å². The van der Waals surface area contributed by atoms with Gasteiger partial charge in [0.05, 0.1) is 24.2 Å². The summed E-state index contributed by atoms with van der Waals surface area (Å²) in [6.45, 7) is 1.47. The van der Waals surface area contributed by atoms with Crippen molar-refractivity contribution in [2.75, 3.05) is 6.61 Å². The van der Waals surface area contributed by atoms with Crippen LogP contribution in [0.5, 0.6) is 0 Å². The molecule has 0 fully saturated rings. The number of aromatic nitrogens is 1. The molecular formula is C18H18N2O6. The number of para-hydroxylation sites is 2. The largest absolute Gasteiger partial charge is 0.467 e. The van der Waals surface area contributed by atoms with Gasteiger partial charge in [-0.3, -0.25) is 14.2 Å². The molecule has 0 aliphatic heterocycles. The van der Waals surface area contributed by atoms with Gasteiger partial charge < -0.3 is 18.9 Å². The van der Waals surface area contributed by atoms with Gasteiger partial charge in [-0.15, -0.1) is 0 Å². The van der Waals surface area contributed by atoms with E-state index in [4.69, 9.17) is 13.6 Å². The van der Waals surface area contributed by atoms with Gasteiger partial charge in [0, 0.05) is 6.54 Å². The molecule has 1 N–H and O–H groups in total. The topological polar surface area (TPSA) is 104 Å². The first kappa shape index (κ1) is 17.5. The summed E-state index contributed by atoms with van der Waals surface area (Å²) in [6.07, 6.45) is 1.46. The third-order valence-corrected chi connectivity index (χ3v) is 3.82. The van der Waals surface area contributed by atoms with E-state index >= 15 is 0 Å². The van der Waals surface area contributed by atoms with Gasteiger partial charge in [-0.2, -0.15) is 0 Å². The summed E-state index contributed by atoms with van der Waals surface area (Å²) in [7, 11) is 0. The molecule has 0 saturated heterocycles. The van der Waals surface area contributed by atoms with E-state index in [1.807, 2.05) is 0 Å². The second kappa shape index (κ2) is 7.73. The number of esters is 1. The number of ether oxygens (including phenoxy) is 1. The van der Waals surface area contributed by atoms with Crippen LogP contribution in [0.25, 0.3) is 11.1 Å². The Labute approximate surface area is 148 Å². The summed E-state index contributed by atoms with van der Waals surface area (Å²) in [6, 6.07) is 10.1. The average molecular weight is 358 g/mol. The first-order valence-corrected chi connectivity index (χ1v) is 8.11. The first-order valence-electron chi connectivity index (χ1n) is 8.11. The van der Waals surface area contributed by atoms with E-state index in [9.17, 15) is 14.4 Å². The van der Waals surface area contributed by atoms with Crippen LogP contribution in [0.4, 0.5) is 0 Å². The molecule has 2 aromatic heterocycles. The Hall–Kier alpha value is -3.29. The van der Waals surface area contributed by atoms with Crippen molar-refractivity contribution in [2.45, 2.75) is 25.9 Å². The lowest BCUT2D eigenvalue weighted by Crippen LogP contribution is -2.31. The highest BCUT2D eigenvalue weighted by atomic mass is 16.5. The smallest absolute Gasteiger partial charge is 0.419 e. The van der Waals surface area contributed by atoms with E-state index in [1.54, 1.807) is 43.3 Å². The van der Waals surface area contributed by atoms with Crippen molar-refractivity contribution in [3.8, 4) is 0 Å². The van der Waals surface area contributed by atoms with Crippen LogP contribution in [0.15, 0.2) is 56.3 Å². The maximum absolute atomic E-state index is 11.8. The van der Waals surface area contributed by atoms with Crippen LogP contribution in [-0.2, 0) is 20.9 Å². The maximum Gasteiger partial charge on any atom is 0.419 e. The highest BCUT2D eigenvalue weighted by Gasteiger charge is 2.15.